The van der Waals surface area contributed by atoms with Gasteiger partial charge in [-0.15, -0.1) is 6.58 Å². The lowest BCUT2D eigenvalue weighted by Crippen LogP contribution is -2.40. The van der Waals surface area contributed by atoms with Crippen molar-refractivity contribution in [3.8, 4) is 5.88 Å². The largest absolute Gasteiger partial charge is 0.481 e. The van der Waals surface area contributed by atoms with E-state index in [2.05, 4.69) is 22.2 Å². The van der Waals surface area contributed by atoms with Crippen LogP contribution < -0.4 is 20.3 Å². The van der Waals surface area contributed by atoms with Crippen LogP contribution in [0.4, 0.5) is 10.2 Å². The highest BCUT2D eigenvalue weighted by Crippen LogP contribution is 2.26. The van der Waals surface area contributed by atoms with Gasteiger partial charge in [0.2, 0.25) is 11.8 Å². The van der Waals surface area contributed by atoms with E-state index in [0.717, 1.165) is 24.9 Å². The highest BCUT2D eigenvalue weighted by Gasteiger charge is 2.23. The van der Waals surface area contributed by atoms with Gasteiger partial charge in [-0.3, -0.25) is 4.79 Å². The fourth-order valence-electron chi connectivity index (χ4n) is 3.43. The van der Waals surface area contributed by atoms with Gasteiger partial charge in [0, 0.05) is 25.2 Å². The Morgan fingerprint density at radius 3 is 2.90 bits per heavy atom. The number of nitrogens with zero attached hydrogens (tertiary/aromatic N) is 2. The van der Waals surface area contributed by atoms with E-state index in [0.29, 0.717) is 24.5 Å². The molecule has 1 amide bonds. The number of aromatic nitrogens is 1. The lowest BCUT2D eigenvalue weighted by Gasteiger charge is -2.24. The second-order valence-corrected chi connectivity index (χ2v) is 6.98. The number of rotatable bonds is 9. The van der Waals surface area contributed by atoms with E-state index in [-0.39, 0.29) is 24.3 Å². The smallest absolute Gasteiger partial charge is 0.237 e. The average molecular weight is 398 g/mol. The fourth-order valence-corrected chi connectivity index (χ4v) is 3.43. The van der Waals surface area contributed by atoms with Gasteiger partial charge in [0.25, 0.3) is 0 Å². The molecule has 1 atom stereocenters. The number of hydrogen-bond donors (Lipinski definition) is 2. The Morgan fingerprint density at radius 2 is 2.24 bits per heavy atom. The Bertz CT molecular complexity index is 838. The molecule has 1 aromatic heterocycles. The van der Waals surface area contributed by atoms with E-state index in [1.54, 1.807) is 11.0 Å². The molecule has 1 aliphatic heterocycles. The summed E-state index contributed by atoms with van der Waals surface area (Å²) < 4.78 is 20.3. The van der Waals surface area contributed by atoms with Gasteiger partial charge < -0.3 is 20.3 Å². The van der Waals surface area contributed by atoms with E-state index in [1.165, 1.54) is 13.2 Å². The first-order valence-electron chi connectivity index (χ1n) is 9.76. The minimum Gasteiger partial charge on any atom is -0.481 e. The minimum atomic E-state index is -0.466. The van der Waals surface area contributed by atoms with Crippen LogP contribution in [0.1, 0.15) is 24.0 Å². The molecule has 2 aromatic rings. The summed E-state index contributed by atoms with van der Waals surface area (Å²) in [5.41, 5.74) is 1.54. The van der Waals surface area contributed by atoms with E-state index >= 15 is 0 Å². The predicted octanol–water partition coefficient (Wildman–Crippen LogP) is 2.79. The van der Waals surface area contributed by atoms with Crippen LogP contribution in [0, 0.1) is 5.82 Å². The summed E-state index contributed by atoms with van der Waals surface area (Å²) in [5.74, 6) is -0.0698. The molecule has 3 rings (SSSR count). The Morgan fingerprint density at radius 1 is 1.45 bits per heavy atom. The van der Waals surface area contributed by atoms with Crippen molar-refractivity contribution >= 4 is 11.7 Å². The Kier molecular flexibility index (Phi) is 7.19. The maximum absolute atomic E-state index is 14.9. The summed E-state index contributed by atoms with van der Waals surface area (Å²) in [5, 5.41) is 5.98. The van der Waals surface area contributed by atoms with E-state index < -0.39 is 5.82 Å². The van der Waals surface area contributed by atoms with Crippen LogP contribution in [-0.2, 0) is 17.9 Å². The topological polar surface area (TPSA) is 66.5 Å². The number of carbonyl (C=O) groups is 1. The molecule has 0 spiro atoms. The van der Waals surface area contributed by atoms with Crippen LogP contribution in [0.15, 0.2) is 49.1 Å². The third kappa shape index (κ3) is 5.32. The molecule has 0 aliphatic carbocycles. The highest BCUT2D eigenvalue weighted by molar-refractivity contribution is 5.82. The molecule has 0 radical (unpaired) electrons. The lowest BCUT2D eigenvalue weighted by atomic mass is 10.2. The maximum atomic E-state index is 14.9. The number of pyridine rings is 1. The number of methoxy groups -OCH3 is 1. The quantitative estimate of drug-likeness (QED) is 0.636. The van der Waals surface area contributed by atoms with Gasteiger partial charge in [-0.25, -0.2) is 4.39 Å². The predicted molar refractivity (Wildman–Crippen MR) is 111 cm³/mol. The molecular weight excluding hydrogens is 371 g/mol. The number of carbonyl (C=O) groups excluding carboxylic acids is 1. The molecule has 1 unspecified atom stereocenters. The zero-order valence-corrected chi connectivity index (χ0v) is 16.7. The van der Waals surface area contributed by atoms with Gasteiger partial charge in [0.15, 0.2) is 11.6 Å². The normalized spacial score (nSPS) is 15.7. The first kappa shape index (κ1) is 20.8. The van der Waals surface area contributed by atoms with Crippen LogP contribution in [-0.4, -0.2) is 37.1 Å². The Balaban J connectivity index is 1.78. The van der Waals surface area contributed by atoms with Crippen LogP contribution in [0.2, 0.25) is 0 Å². The molecule has 1 aliphatic rings. The lowest BCUT2D eigenvalue weighted by molar-refractivity contribution is -0.122. The summed E-state index contributed by atoms with van der Waals surface area (Å²) >= 11 is 0. The van der Waals surface area contributed by atoms with Gasteiger partial charge in [0.1, 0.15) is 0 Å². The first-order chi connectivity index (χ1) is 14.1. The van der Waals surface area contributed by atoms with Gasteiger partial charge >= 0.3 is 0 Å². The molecule has 6 nitrogen and oxygen atoms in total. The Labute approximate surface area is 170 Å². The van der Waals surface area contributed by atoms with Crippen molar-refractivity contribution in [2.24, 2.45) is 0 Å². The molecule has 1 saturated heterocycles. The summed E-state index contributed by atoms with van der Waals surface area (Å²) in [6, 6.07) is 11.0. The highest BCUT2D eigenvalue weighted by atomic mass is 19.1. The third-order valence-electron chi connectivity index (χ3n) is 4.89. The number of hydrogen-bond acceptors (Lipinski definition) is 5. The van der Waals surface area contributed by atoms with Crippen LogP contribution in [0.3, 0.4) is 0 Å². The summed E-state index contributed by atoms with van der Waals surface area (Å²) in [4.78, 5) is 18.4. The number of nitrogens with one attached hydrogen (secondary N) is 2. The molecule has 1 fully saturated rings. The zero-order chi connectivity index (χ0) is 20.6. The molecule has 2 N–H and O–H groups in total. The SMILES string of the molecule is C=CCN(Cc1ccccc1)c1nc(OC)c(CNC(=O)C2CCCN2)cc1F. The van der Waals surface area contributed by atoms with Crippen LogP contribution >= 0.6 is 0 Å². The van der Waals surface area contributed by atoms with Crippen LogP contribution in [0.25, 0.3) is 0 Å². The van der Waals surface area contributed by atoms with Crippen molar-refractivity contribution in [2.45, 2.75) is 32.0 Å². The van der Waals surface area contributed by atoms with Gasteiger partial charge in [-0.1, -0.05) is 36.4 Å². The van der Waals surface area contributed by atoms with E-state index in [4.69, 9.17) is 4.74 Å². The van der Waals surface area contributed by atoms with Crippen molar-refractivity contribution in [3.63, 3.8) is 0 Å². The van der Waals surface area contributed by atoms with Crippen molar-refractivity contribution in [1.29, 1.82) is 0 Å². The number of ether oxygens (including phenoxy) is 1. The Hall–Kier alpha value is -2.93. The number of halogens is 1. The second-order valence-electron chi connectivity index (χ2n) is 6.98. The zero-order valence-electron chi connectivity index (χ0n) is 16.7. The fraction of sp³-hybridized carbons (Fsp3) is 0.364. The van der Waals surface area contributed by atoms with Crippen molar-refractivity contribution in [2.75, 3.05) is 25.1 Å². The molecule has 2 heterocycles. The molecular formula is C22H27FN4O2. The van der Waals surface area contributed by atoms with E-state index in [1.807, 2.05) is 30.3 Å². The molecule has 0 saturated carbocycles. The molecule has 7 heteroatoms. The second kappa shape index (κ2) is 10.0. The molecule has 1 aromatic carbocycles. The first-order valence-corrected chi connectivity index (χ1v) is 9.76. The van der Waals surface area contributed by atoms with E-state index in [9.17, 15) is 9.18 Å². The summed E-state index contributed by atoms with van der Waals surface area (Å²) in [6.45, 7) is 5.69. The van der Waals surface area contributed by atoms with Crippen LogP contribution in [0.5, 0.6) is 5.88 Å². The van der Waals surface area contributed by atoms with Gasteiger partial charge in [-0.2, -0.15) is 4.98 Å². The standard InChI is InChI=1S/C22H27FN4O2/c1-3-12-27(15-16-8-5-4-6-9-16)20-18(23)13-17(22(26-20)29-2)14-25-21(28)19-10-7-11-24-19/h3-6,8-9,13,19,24H,1,7,10-12,14-15H2,2H3,(H,25,28). The molecule has 0 bridgehead atoms. The van der Waals surface area contributed by atoms with Gasteiger partial charge in [-0.05, 0) is 31.0 Å². The summed E-state index contributed by atoms with van der Waals surface area (Å²) in [6.07, 6.45) is 3.50. The van der Waals surface area contributed by atoms with Crippen molar-refractivity contribution in [3.05, 3.63) is 66.0 Å². The van der Waals surface area contributed by atoms with Gasteiger partial charge in [0.05, 0.1) is 13.2 Å². The van der Waals surface area contributed by atoms with Crippen molar-refractivity contribution < 1.29 is 13.9 Å². The minimum absolute atomic E-state index is 0.0913. The average Bonchev–Trinajstić information content (AvgIpc) is 3.27. The molecule has 154 valence electrons. The number of anilines is 1. The molecule has 29 heavy (non-hydrogen) atoms. The maximum Gasteiger partial charge on any atom is 0.237 e. The third-order valence-corrected chi connectivity index (χ3v) is 4.89. The number of amides is 1. The monoisotopic (exact) mass is 398 g/mol. The number of benzene rings is 1. The van der Waals surface area contributed by atoms with Crippen molar-refractivity contribution in [1.82, 2.24) is 15.6 Å². The summed E-state index contributed by atoms with van der Waals surface area (Å²) in [7, 11) is 1.49.